The Kier molecular flexibility index (Phi) is 15.4. The standard InChI is InChI=1S/C39H54N6O9/c1-4-5-6-7-8-12-34(49)43-28(11-9-10-17-40)39(53)45(3)35-25-14-16-31(47)27(20-25)26-18-24(13-15-30(26)46)19-29(44-36(50)23(2)42-38(35)52)37(51)41-21-32(48)33-22-54-33/h13-16,18,20,23,28-29,33,35,46-47H,4-12,17,19,21-22,40H2,1-3H3,(H,41,51)(H,42,52)(H,43,49)(H,44,50). The molecule has 8 N–H and O–H groups in total. The summed E-state index contributed by atoms with van der Waals surface area (Å²) in [4.78, 5) is 81.7. The lowest BCUT2D eigenvalue weighted by atomic mass is 9.93. The SMILES string of the molecule is CCCCCCCC(=O)NC(CCCCN)C(=O)N(C)C1C(=O)NC(C)C(=O)NC(C(=O)NCC(=O)C2CO2)Cc2ccc(O)c(c2)-c2cc1ccc2O. The number of phenolic OH excluding ortho intramolecular Hbond substituents is 2. The van der Waals surface area contributed by atoms with Crippen LogP contribution < -0.4 is 27.0 Å². The smallest absolute Gasteiger partial charge is 0.248 e. The van der Waals surface area contributed by atoms with Crippen LogP contribution >= 0.6 is 0 Å². The Bertz CT molecular complexity index is 1680. The molecule has 0 saturated carbocycles. The highest BCUT2D eigenvalue weighted by molar-refractivity contribution is 5.97. The summed E-state index contributed by atoms with van der Waals surface area (Å²) < 4.78 is 4.99. The van der Waals surface area contributed by atoms with Crippen LogP contribution in [0.25, 0.3) is 11.1 Å². The summed E-state index contributed by atoms with van der Waals surface area (Å²) >= 11 is 0. The predicted octanol–water partition coefficient (Wildman–Crippen LogP) is 1.87. The van der Waals surface area contributed by atoms with E-state index < -0.39 is 53.9 Å². The van der Waals surface area contributed by atoms with Gasteiger partial charge in [0.15, 0.2) is 5.78 Å². The van der Waals surface area contributed by atoms with Gasteiger partial charge in [0.25, 0.3) is 0 Å². The number of fused-ring (bicyclic) bond motifs is 5. The number of nitrogens with one attached hydrogen (secondary N) is 4. The Balaban J connectivity index is 1.68. The van der Waals surface area contributed by atoms with Crippen molar-refractivity contribution in [1.82, 2.24) is 26.2 Å². The summed E-state index contributed by atoms with van der Waals surface area (Å²) in [6.45, 7) is 3.90. The van der Waals surface area contributed by atoms with Crippen LogP contribution in [0, 0.1) is 0 Å². The molecule has 0 aromatic heterocycles. The number of Topliss-reactive ketones (excluding diaryl/α,β-unsaturated/α-hetero) is 1. The van der Waals surface area contributed by atoms with Crippen LogP contribution in [0.3, 0.4) is 0 Å². The topological polar surface area (TPSA) is 233 Å². The van der Waals surface area contributed by atoms with Crippen LogP contribution in [0.4, 0.5) is 0 Å². The number of benzene rings is 2. The van der Waals surface area contributed by atoms with Crippen molar-refractivity contribution in [2.24, 2.45) is 5.73 Å². The number of hydrogen-bond acceptors (Lipinski definition) is 10. The van der Waals surface area contributed by atoms with Gasteiger partial charge in [-0.15, -0.1) is 0 Å². The third-order valence-electron chi connectivity index (χ3n) is 9.71. The van der Waals surface area contributed by atoms with Gasteiger partial charge in [0, 0.05) is 31.0 Å². The van der Waals surface area contributed by atoms with Crippen LogP contribution in [0.5, 0.6) is 11.5 Å². The van der Waals surface area contributed by atoms with Gasteiger partial charge in [-0.05, 0) is 74.5 Å². The first-order valence-electron chi connectivity index (χ1n) is 18.8. The lowest BCUT2D eigenvalue weighted by Gasteiger charge is -2.32. The van der Waals surface area contributed by atoms with Gasteiger partial charge in [0.1, 0.15) is 41.8 Å². The highest BCUT2D eigenvalue weighted by Gasteiger charge is 2.36. The molecule has 2 aromatic rings. The fourth-order valence-electron chi connectivity index (χ4n) is 6.44. The molecule has 0 aliphatic carbocycles. The molecule has 1 saturated heterocycles. The van der Waals surface area contributed by atoms with Crippen molar-refractivity contribution in [2.75, 3.05) is 26.7 Å². The second kappa shape index (κ2) is 19.9. The van der Waals surface area contributed by atoms with E-state index in [4.69, 9.17) is 10.5 Å². The molecular weight excluding hydrogens is 696 g/mol. The average Bonchev–Trinajstić information content (AvgIpc) is 4.00. The summed E-state index contributed by atoms with van der Waals surface area (Å²) in [6.07, 6.45) is 5.79. The Morgan fingerprint density at radius 1 is 0.944 bits per heavy atom. The van der Waals surface area contributed by atoms with Gasteiger partial charge in [-0.25, -0.2) is 0 Å². The van der Waals surface area contributed by atoms with Gasteiger partial charge in [-0.2, -0.15) is 0 Å². The maximum Gasteiger partial charge on any atom is 0.248 e. The molecule has 15 heteroatoms. The normalized spacial score (nSPS) is 20.1. The number of rotatable bonds is 17. The van der Waals surface area contributed by atoms with E-state index in [1.165, 1.54) is 43.1 Å². The van der Waals surface area contributed by atoms with E-state index in [0.29, 0.717) is 31.4 Å². The number of epoxide rings is 1. The molecule has 2 aliphatic rings. The molecule has 0 spiro atoms. The maximum absolute atomic E-state index is 14.2. The van der Waals surface area contributed by atoms with Gasteiger partial charge in [-0.3, -0.25) is 28.8 Å². The lowest BCUT2D eigenvalue weighted by Crippen LogP contribution is -2.56. The van der Waals surface area contributed by atoms with Crippen molar-refractivity contribution >= 4 is 35.3 Å². The number of ketones is 1. The predicted molar refractivity (Wildman–Crippen MR) is 200 cm³/mol. The number of carbonyl (C=O) groups is 6. The number of nitrogens with zero attached hydrogens (tertiary/aromatic N) is 1. The molecule has 2 heterocycles. The Labute approximate surface area is 315 Å². The Hall–Kier alpha value is -5.02. The quantitative estimate of drug-likeness (QED) is 0.0916. The van der Waals surface area contributed by atoms with Crippen molar-refractivity contribution < 1.29 is 43.7 Å². The molecule has 5 amide bonds. The molecule has 15 nitrogen and oxygen atoms in total. The number of amides is 5. The molecule has 294 valence electrons. The highest BCUT2D eigenvalue weighted by atomic mass is 16.6. The second-order valence-electron chi connectivity index (χ2n) is 14.1. The van der Waals surface area contributed by atoms with Crippen molar-refractivity contribution in [2.45, 2.75) is 108 Å². The number of ether oxygens (including phenoxy) is 1. The summed E-state index contributed by atoms with van der Waals surface area (Å²) in [5.74, 6) is -3.70. The fraction of sp³-hybridized carbons (Fsp3) is 0.538. The van der Waals surface area contributed by atoms with Gasteiger partial charge < -0.3 is 46.9 Å². The van der Waals surface area contributed by atoms with E-state index in [0.717, 1.165) is 25.7 Å². The summed E-state index contributed by atoms with van der Waals surface area (Å²) in [6, 6.07) is 4.06. The second-order valence-corrected chi connectivity index (χ2v) is 14.1. The lowest BCUT2D eigenvalue weighted by molar-refractivity contribution is -0.143. The first kappa shape index (κ1) is 41.7. The molecular formula is C39H54N6O9. The third-order valence-corrected chi connectivity index (χ3v) is 9.71. The van der Waals surface area contributed by atoms with E-state index in [-0.39, 0.29) is 72.3 Å². The average molecular weight is 751 g/mol. The van der Waals surface area contributed by atoms with Crippen LogP contribution in [-0.4, -0.2) is 101 Å². The van der Waals surface area contributed by atoms with Crippen LogP contribution in [0.15, 0.2) is 36.4 Å². The largest absolute Gasteiger partial charge is 0.507 e. The number of likely N-dealkylation sites (N-methyl/N-ethyl adjacent to an activating group) is 1. The zero-order valence-electron chi connectivity index (χ0n) is 31.3. The minimum atomic E-state index is -1.36. The Morgan fingerprint density at radius 2 is 1.63 bits per heavy atom. The zero-order valence-corrected chi connectivity index (χ0v) is 31.3. The van der Waals surface area contributed by atoms with E-state index >= 15 is 0 Å². The summed E-state index contributed by atoms with van der Waals surface area (Å²) in [5, 5.41) is 32.7. The minimum Gasteiger partial charge on any atom is -0.507 e. The summed E-state index contributed by atoms with van der Waals surface area (Å²) in [7, 11) is 1.42. The van der Waals surface area contributed by atoms with Crippen LogP contribution in [-0.2, 0) is 39.9 Å². The van der Waals surface area contributed by atoms with E-state index in [1.54, 1.807) is 12.1 Å². The number of nitrogens with two attached hydrogens (primary N) is 1. The van der Waals surface area contributed by atoms with Crippen molar-refractivity contribution in [3.63, 3.8) is 0 Å². The van der Waals surface area contributed by atoms with E-state index in [9.17, 15) is 39.0 Å². The number of carbonyl (C=O) groups excluding carboxylic acids is 6. The fourth-order valence-corrected chi connectivity index (χ4v) is 6.44. The zero-order chi connectivity index (χ0) is 39.4. The molecule has 2 aromatic carbocycles. The molecule has 5 unspecified atom stereocenters. The van der Waals surface area contributed by atoms with Gasteiger partial charge in [0.05, 0.1) is 13.2 Å². The minimum absolute atomic E-state index is 0.0596. The van der Waals surface area contributed by atoms with Crippen LogP contribution in [0.2, 0.25) is 0 Å². The van der Waals surface area contributed by atoms with E-state index in [1.807, 2.05) is 0 Å². The molecule has 4 bridgehead atoms. The van der Waals surface area contributed by atoms with Gasteiger partial charge in [0.2, 0.25) is 29.5 Å². The maximum atomic E-state index is 14.2. The van der Waals surface area contributed by atoms with Crippen molar-refractivity contribution in [1.29, 1.82) is 0 Å². The number of unbranched alkanes of at least 4 members (excludes halogenated alkanes) is 5. The number of phenols is 2. The van der Waals surface area contributed by atoms with E-state index in [2.05, 4.69) is 28.2 Å². The first-order chi connectivity index (χ1) is 25.8. The first-order valence-corrected chi connectivity index (χ1v) is 18.8. The number of aromatic hydroxyl groups is 2. The number of hydrogen-bond donors (Lipinski definition) is 7. The third kappa shape index (κ3) is 11.5. The van der Waals surface area contributed by atoms with Crippen molar-refractivity contribution in [3.05, 3.63) is 47.5 Å². The molecule has 1 fully saturated rings. The summed E-state index contributed by atoms with van der Waals surface area (Å²) in [5.41, 5.74) is 6.80. The molecule has 54 heavy (non-hydrogen) atoms. The molecule has 2 aliphatic heterocycles. The molecule has 5 atom stereocenters. The Morgan fingerprint density at radius 3 is 2.31 bits per heavy atom. The van der Waals surface area contributed by atoms with Crippen LogP contribution in [0.1, 0.15) is 88.8 Å². The molecule has 4 rings (SSSR count). The van der Waals surface area contributed by atoms with Crippen molar-refractivity contribution in [3.8, 4) is 22.6 Å². The molecule has 0 radical (unpaired) electrons. The monoisotopic (exact) mass is 750 g/mol. The highest BCUT2D eigenvalue weighted by Crippen LogP contribution is 2.39. The van der Waals surface area contributed by atoms with Gasteiger partial charge >= 0.3 is 0 Å². The van der Waals surface area contributed by atoms with Gasteiger partial charge in [-0.1, -0.05) is 44.7 Å².